The minimum atomic E-state index is -1.04. The molecule has 7 nitrogen and oxygen atoms in total. The molecular weight excluding hydrogens is 436 g/mol. The van der Waals surface area contributed by atoms with Gasteiger partial charge in [-0.15, -0.1) is 0 Å². The van der Waals surface area contributed by atoms with Crippen LogP contribution in [0.15, 0.2) is 60.7 Å². The number of hydrogen-bond acceptors (Lipinski definition) is 7. The van der Waals surface area contributed by atoms with Crippen LogP contribution < -0.4 is 0 Å². The van der Waals surface area contributed by atoms with Gasteiger partial charge < -0.3 is 23.7 Å². The highest BCUT2D eigenvalue weighted by atomic mass is 16.6. The summed E-state index contributed by atoms with van der Waals surface area (Å²) in [5, 5.41) is 0. The molecule has 0 spiro atoms. The van der Waals surface area contributed by atoms with Gasteiger partial charge in [0.2, 0.25) is 0 Å². The lowest BCUT2D eigenvalue weighted by Crippen LogP contribution is -2.58. The maximum atomic E-state index is 12.7. The minimum Gasteiger partial charge on any atom is -0.469 e. The van der Waals surface area contributed by atoms with Crippen LogP contribution in [-0.4, -0.2) is 50.6 Å². The molecule has 3 rings (SSSR count). The van der Waals surface area contributed by atoms with Crippen LogP contribution in [0.3, 0.4) is 0 Å². The second kappa shape index (κ2) is 12.1. The number of methoxy groups -OCH3 is 2. The van der Waals surface area contributed by atoms with Gasteiger partial charge in [0, 0.05) is 6.42 Å². The lowest BCUT2D eigenvalue weighted by Gasteiger charge is -2.46. The molecule has 0 aromatic heterocycles. The number of ether oxygens (including phenoxy) is 5. The molecule has 0 aliphatic carbocycles. The Morgan fingerprint density at radius 1 is 0.882 bits per heavy atom. The highest BCUT2D eigenvalue weighted by Gasteiger charge is 2.51. The van der Waals surface area contributed by atoms with Gasteiger partial charge in [0.1, 0.15) is 12.2 Å². The molecule has 184 valence electrons. The first-order valence-corrected chi connectivity index (χ1v) is 11.5. The van der Waals surface area contributed by atoms with E-state index in [1.165, 1.54) is 14.2 Å². The van der Waals surface area contributed by atoms with Crippen LogP contribution in [0.25, 0.3) is 0 Å². The summed E-state index contributed by atoms with van der Waals surface area (Å²) < 4.78 is 29.0. The van der Waals surface area contributed by atoms with E-state index in [0.29, 0.717) is 19.6 Å². The van der Waals surface area contributed by atoms with E-state index >= 15 is 0 Å². The molecule has 7 heteroatoms. The van der Waals surface area contributed by atoms with E-state index < -0.39 is 35.8 Å². The van der Waals surface area contributed by atoms with E-state index in [4.69, 9.17) is 23.7 Å². The van der Waals surface area contributed by atoms with Crippen LogP contribution in [0.1, 0.15) is 37.8 Å². The molecule has 0 bridgehead atoms. The normalized spacial score (nSPS) is 22.7. The molecule has 34 heavy (non-hydrogen) atoms. The van der Waals surface area contributed by atoms with Crippen molar-refractivity contribution in [3.63, 3.8) is 0 Å². The fourth-order valence-corrected chi connectivity index (χ4v) is 4.19. The smallest absolute Gasteiger partial charge is 0.313 e. The van der Waals surface area contributed by atoms with Crippen LogP contribution >= 0.6 is 0 Å². The summed E-state index contributed by atoms with van der Waals surface area (Å²) in [6.45, 7) is 4.22. The van der Waals surface area contributed by atoms with Gasteiger partial charge in [0.15, 0.2) is 0 Å². The molecule has 1 aliphatic rings. The first-order valence-electron chi connectivity index (χ1n) is 11.5. The quantitative estimate of drug-likeness (QED) is 0.484. The zero-order valence-electron chi connectivity index (χ0n) is 20.3. The van der Waals surface area contributed by atoms with Gasteiger partial charge in [0.25, 0.3) is 0 Å². The molecule has 0 unspecified atom stereocenters. The van der Waals surface area contributed by atoms with Gasteiger partial charge in [-0.1, -0.05) is 60.7 Å². The molecule has 2 aromatic carbocycles. The molecule has 0 N–H and O–H groups in total. The van der Waals surface area contributed by atoms with Crippen molar-refractivity contribution >= 4 is 11.9 Å². The van der Waals surface area contributed by atoms with Gasteiger partial charge in [0.05, 0.1) is 51.5 Å². The monoisotopic (exact) mass is 470 g/mol. The molecule has 0 amide bonds. The summed E-state index contributed by atoms with van der Waals surface area (Å²) in [4.78, 5) is 24.8. The second-order valence-electron chi connectivity index (χ2n) is 9.00. The van der Waals surface area contributed by atoms with Gasteiger partial charge in [-0.05, 0) is 25.0 Å². The molecular formula is C27H34O7. The topological polar surface area (TPSA) is 80.3 Å². The number of esters is 2. The predicted octanol–water partition coefficient (Wildman–Crippen LogP) is 4.08. The molecule has 0 radical (unpaired) electrons. The van der Waals surface area contributed by atoms with E-state index in [-0.39, 0.29) is 12.4 Å². The third-order valence-corrected chi connectivity index (χ3v) is 6.14. The molecule has 4 atom stereocenters. The standard InChI is InChI=1S/C27H34O7/c1-27(2,26(29)31-4)25-24(33-18-20-13-9-6-10-14-20)22(15-21(34-25)16-23(28)30-3)32-17-19-11-7-5-8-12-19/h5-14,21-22,24-25H,15-18H2,1-4H3/t21-,22-,24-,25-/m0/s1. The Balaban J connectivity index is 1.89. The summed E-state index contributed by atoms with van der Waals surface area (Å²) in [7, 11) is 2.69. The highest BCUT2D eigenvalue weighted by molar-refractivity contribution is 5.76. The van der Waals surface area contributed by atoms with E-state index in [1.54, 1.807) is 13.8 Å². The van der Waals surface area contributed by atoms with Gasteiger partial charge >= 0.3 is 11.9 Å². The largest absolute Gasteiger partial charge is 0.469 e. The molecule has 1 fully saturated rings. The summed E-state index contributed by atoms with van der Waals surface area (Å²) in [6, 6.07) is 19.6. The van der Waals surface area contributed by atoms with Crippen LogP contribution in [0.5, 0.6) is 0 Å². The van der Waals surface area contributed by atoms with Crippen molar-refractivity contribution in [2.45, 2.75) is 64.3 Å². The summed E-state index contributed by atoms with van der Waals surface area (Å²) in [5.41, 5.74) is 0.971. The van der Waals surface area contributed by atoms with E-state index in [2.05, 4.69) is 0 Å². The van der Waals surface area contributed by atoms with Crippen molar-refractivity contribution in [3.8, 4) is 0 Å². The SMILES string of the molecule is COC(=O)C[C@@H]1C[C@H](OCc2ccccc2)[C@H](OCc2ccccc2)[C@@H](C(C)(C)C(=O)OC)O1. The third-order valence-electron chi connectivity index (χ3n) is 6.14. The van der Waals surface area contributed by atoms with Crippen LogP contribution in [-0.2, 0) is 46.5 Å². The average molecular weight is 471 g/mol. The Labute approximate surface area is 201 Å². The van der Waals surface area contributed by atoms with Crippen molar-refractivity contribution in [2.75, 3.05) is 14.2 Å². The van der Waals surface area contributed by atoms with Crippen molar-refractivity contribution < 1.29 is 33.3 Å². The summed E-state index contributed by atoms with van der Waals surface area (Å²) in [5.74, 6) is -0.809. The third kappa shape index (κ3) is 6.65. The van der Waals surface area contributed by atoms with E-state index in [1.807, 2.05) is 60.7 Å². The van der Waals surface area contributed by atoms with E-state index in [9.17, 15) is 9.59 Å². The van der Waals surface area contributed by atoms with Crippen molar-refractivity contribution in [2.24, 2.45) is 5.41 Å². The first kappa shape index (κ1) is 25.9. The summed E-state index contributed by atoms with van der Waals surface area (Å²) in [6.07, 6.45) is -1.68. The van der Waals surface area contributed by atoms with Crippen molar-refractivity contribution in [3.05, 3.63) is 71.8 Å². The van der Waals surface area contributed by atoms with Gasteiger partial charge in [-0.3, -0.25) is 9.59 Å². The fraction of sp³-hybridized carbons (Fsp3) is 0.481. The Morgan fingerprint density at radius 3 is 1.97 bits per heavy atom. The summed E-state index contributed by atoms with van der Waals surface area (Å²) >= 11 is 0. The number of carbonyl (C=O) groups is 2. The van der Waals surface area contributed by atoms with Gasteiger partial charge in [-0.2, -0.15) is 0 Å². The Kier molecular flexibility index (Phi) is 9.21. The minimum absolute atomic E-state index is 0.0564. The second-order valence-corrected chi connectivity index (χ2v) is 9.00. The Morgan fingerprint density at radius 2 is 1.44 bits per heavy atom. The molecule has 1 aliphatic heterocycles. The molecule has 0 saturated carbocycles. The number of rotatable bonds is 10. The lowest BCUT2D eigenvalue weighted by atomic mass is 9.78. The Hall–Kier alpha value is -2.74. The predicted molar refractivity (Wildman–Crippen MR) is 126 cm³/mol. The van der Waals surface area contributed by atoms with E-state index in [0.717, 1.165) is 11.1 Å². The average Bonchev–Trinajstić information content (AvgIpc) is 2.86. The Bertz CT molecular complexity index is 913. The van der Waals surface area contributed by atoms with Crippen molar-refractivity contribution in [1.29, 1.82) is 0 Å². The maximum Gasteiger partial charge on any atom is 0.313 e. The van der Waals surface area contributed by atoms with Crippen LogP contribution in [0, 0.1) is 5.41 Å². The number of benzene rings is 2. The zero-order chi connectivity index (χ0) is 24.6. The molecule has 1 saturated heterocycles. The molecule has 2 aromatic rings. The number of carbonyl (C=O) groups excluding carboxylic acids is 2. The lowest BCUT2D eigenvalue weighted by molar-refractivity contribution is -0.238. The van der Waals surface area contributed by atoms with Gasteiger partial charge in [-0.25, -0.2) is 0 Å². The number of hydrogen-bond donors (Lipinski definition) is 0. The van der Waals surface area contributed by atoms with Crippen LogP contribution in [0.2, 0.25) is 0 Å². The zero-order valence-corrected chi connectivity index (χ0v) is 20.3. The highest BCUT2D eigenvalue weighted by Crippen LogP contribution is 2.38. The fourth-order valence-electron chi connectivity index (χ4n) is 4.19. The maximum absolute atomic E-state index is 12.7. The molecule has 1 heterocycles. The van der Waals surface area contributed by atoms with Crippen molar-refractivity contribution in [1.82, 2.24) is 0 Å². The van der Waals surface area contributed by atoms with Crippen LogP contribution in [0.4, 0.5) is 0 Å². The first-order chi connectivity index (χ1) is 16.3.